The van der Waals surface area contributed by atoms with E-state index in [-0.39, 0.29) is 5.57 Å². The summed E-state index contributed by atoms with van der Waals surface area (Å²) in [5.74, 6) is -2.01. The lowest BCUT2D eigenvalue weighted by molar-refractivity contribution is -0.122. The Morgan fingerprint density at radius 2 is 1.67 bits per heavy atom. The predicted octanol–water partition coefficient (Wildman–Crippen LogP) is 2.90. The summed E-state index contributed by atoms with van der Waals surface area (Å²) in [6, 6.07) is 11.9. The lowest BCUT2D eigenvalue weighted by Gasteiger charge is -2.26. The number of urea groups is 1. The van der Waals surface area contributed by atoms with E-state index < -0.39 is 23.8 Å². The third-order valence-corrected chi connectivity index (χ3v) is 4.36. The van der Waals surface area contributed by atoms with E-state index in [9.17, 15) is 19.2 Å². The van der Waals surface area contributed by atoms with Crippen LogP contribution < -0.4 is 10.2 Å². The second-order valence-electron chi connectivity index (χ2n) is 5.55. The molecule has 0 bridgehead atoms. The van der Waals surface area contributed by atoms with Crippen LogP contribution in [0.1, 0.15) is 15.9 Å². The van der Waals surface area contributed by atoms with E-state index in [4.69, 9.17) is 0 Å². The van der Waals surface area contributed by atoms with E-state index in [0.717, 1.165) is 9.37 Å². The molecule has 1 saturated heterocycles. The lowest BCUT2D eigenvalue weighted by atomic mass is 10.1. The Morgan fingerprint density at radius 1 is 1.04 bits per heavy atom. The van der Waals surface area contributed by atoms with E-state index >= 15 is 0 Å². The monoisotopic (exact) mass is 428 g/mol. The molecule has 2 aromatic rings. The number of anilines is 1. The van der Waals surface area contributed by atoms with Crippen molar-refractivity contribution in [3.63, 3.8) is 0 Å². The Morgan fingerprint density at radius 3 is 2.26 bits per heavy atom. The number of ether oxygens (including phenoxy) is 1. The summed E-state index contributed by atoms with van der Waals surface area (Å²) < 4.78 is 5.41. The fourth-order valence-electron chi connectivity index (χ4n) is 2.48. The molecule has 0 radical (unpaired) electrons. The topological polar surface area (TPSA) is 92.8 Å². The van der Waals surface area contributed by atoms with E-state index in [1.54, 1.807) is 36.4 Å². The molecule has 27 heavy (non-hydrogen) atoms. The van der Waals surface area contributed by atoms with Gasteiger partial charge < -0.3 is 4.74 Å². The van der Waals surface area contributed by atoms with Gasteiger partial charge in [0.15, 0.2) is 0 Å². The Labute approximate surface area is 162 Å². The van der Waals surface area contributed by atoms with Crippen molar-refractivity contribution in [2.45, 2.75) is 0 Å². The molecule has 8 heteroatoms. The van der Waals surface area contributed by atoms with Gasteiger partial charge in [-0.25, -0.2) is 14.5 Å². The van der Waals surface area contributed by atoms with Crippen LogP contribution >= 0.6 is 15.9 Å². The summed E-state index contributed by atoms with van der Waals surface area (Å²) in [6.45, 7) is 0. The highest BCUT2D eigenvalue weighted by Gasteiger charge is 2.36. The number of hydrogen-bond donors (Lipinski definition) is 1. The van der Waals surface area contributed by atoms with Crippen LogP contribution in [0.25, 0.3) is 6.08 Å². The number of hydrogen-bond acceptors (Lipinski definition) is 5. The van der Waals surface area contributed by atoms with Crippen LogP contribution in [0.2, 0.25) is 0 Å². The molecule has 136 valence electrons. The molecular formula is C19H13BrN2O5. The number of benzene rings is 2. The molecule has 4 amide bonds. The minimum atomic E-state index is -0.814. The number of esters is 1. The first-order valence-corrected chi connectivity index (χ1v) is 8.55. The highest BCUT2D eigenvalue weighted by molar-refractivity contribution is 9.10. The number of barbiturate groups is 1. The average Bonchev–Trinajstić information content (AvgIpc) is 2.66. The van der Waals surface area contributed by atoms with E-state index in [2.05, 4.69) is 26.0 Å². The first kappa shape index (κ1) is 18.5. The third kappa shape index (κ3) is 3.80. The van der Waals surface area contributed by atoms with Crippen LogP contribution in [0.15, 0.2) is 58.6 Å². The maximum absolute atomic E-state index is 12.7. The smallest absolute Gasteiger partial charge is 0.337 e. The van der Waals surface area contributed by atoms with Gasteiger partial charge in [-0.15, -0.1) is 0 Å². The van der Waals surface area contributed by atoms with E-state index in [0.29, 0.717) is 16.8 Å². The minimum absolute atomic E-state index is 0.191. The largest absolute Gasteiger partial charge is 0.465 e. The molecule has 1 N–H and O–H groups in total. The van der Waals surface area contributed by atoms with E-state index in [1.165, 1.54) is 25.3 Å². The summed E-state index contributed by atoms with van der Waals surface area (Å²) in [4.78, 5) is 49.4. The predicted molar refractivity (Wildman–Crippen MR) is 101 cm³/mol. The van der Waals surface area contributed by atoms with E-state index in [1.807, 2.05) is 0 Å². The van der Waals surface area contributed by atoms with Crippen molar-refractivity contribution in [3.05, 3.63) is 69.7 Å². The number of carbonyl (C=O) groups is 4. The fourth-order valence-corrected chi connectivity index (χ4v) is 2.75. The highest BCUT2D eigenvalue weighted by atomic mass is 79.9. The second kappa shape index (κ2) is 7.55. The van der Waals surface area contributed by atoms with Crippen molar-refractivity contribution in [3.8, 4) is 0 Å². The maximum atomic E-state index is 12.7. The summed E-state index contributed by atoms with van der Waals surface area (Å²) >= 11 is 3.28. The zero-order valence-corrected chi connectivity index (χ0v) is 15.6. The van der Waals surface area contributed by atoms with Gasteiger partial charge in [-0.05, 0) is 48.0 Å². The number of rotatable bonds is 3. The molecule has 1 heterocycles. The Kier molecular flexibility index (Phi) is 5.18. The van der Waals surface area contributed by atoms with Crippen molar-refractivity contribution < 1.29 is 23.9 Å². The molecule has 0 saturated carbocycles. The van der Waals surface area contributed by atoms with Gasteiger partial charge in [0.1, 0.15) is 5.57 Å². The molecule has 0 spiro atoms. The first-order chi connectivity index (χ1) is 12.9. The summed E-state index contributed by atoms with van der Waals surface area (Å²) in [7, 11) is 1.27. The van der Waals surface area contributed by atoms with Gasteiger partial charge in [-0.2, -0.15) is 0 Å². The zero-order chi connectivity index (χ0) is 19.6. The van der Waals surface area contributed by atoms with Gasteiger partial charge >= 0.3 is 12.0 Å². The molecule has 3 rings (SSSR count). The zero-order valence-electron chi connectivity index (χ0n) is 14.1. The molecule has 7 nitrogen and oxygen atoms in total. The number of carbonyl (C=O) groups excluding carboxylic acids is 4. The van der Waals surface area contributed by atoms with Crippen molar-refractivity contribution in [1.29, 1.82) is 0 Å². The fraction of sp³-hybridized carbons (Fsp3) is 0.0526. The van der Waals surface area contributed by atoms with Gasteiger partial charge in [-0.3, -0.25) is 14.9 Å². The van der Waals surface area contributed by atoms with Crippen LogP contribution in [0.5, 0.6) is 0 Å². The number of nitrogens with one attached hydrogen (secondary N) is 1. The van der Waals surface area contributed by atoms with Crippen LogP contribution in [0, 0.1) is 0 Å². The molecule has 0 unspecified atom stereocenters. The highest BCUT2D eigenvalue weighted by Crippen LogP contribution is 2.23. The lowest BCUT2D eigenvalue weighted by Crippen LogP contribution is -2.54. The molecule has 0 atom stereocenters. The molecule has 1 fully saturated rings. The maximum Gasteiger partial charge on any atom is 0.337 e. The standard InChI is InChI=1S/C19H13BrN2O5/c1-27-18(25)12-4-2-11(3-5-12)10-15-16(23)21-19(26)22(17(15)24)14-8-6-13(20)7-9-14/h2-10H,1H3,(H,21,23,26)/b15-10-. The molecule has 0 aromatic heterocycles. The van der Waals surface area contributed by atoms with Gasteiger partial charge in [0.2, 0.25) is 0 Å². The second-order valence-corrected chi connectivity index (χ2v) is 6.46. The number of methoxy groups -OCH3 is 1. The molecule has 1 aliphatic rings. The Hall–Kier alpha value is -3.26. The van der Waals surface area contributed by atoms with Crippen molar-refractivity contribution in [2.24, 2.45) is 0 Å². The van der Waals surface area contributed by atoms with Crippen LogP contribution in [-0.2, 0) is 14.3 Å². The third-order valence-electron chi connectivity index (χ3n) is 3.83. The Bertz CT molecular complexity index is 965. The molecule has 2 aromatic carbocycles. The Balaban J connectivity index is 1.94. The van der Waals surface area contributed by atoms with Gasteiger partial charge in [0, 0.05) is 4.47 Å². The molecule has 1 aliphatic heterocycles. The van der Waals surface area contributed by atoms with Crippen LogP contribution in [-0.4, -0.2) is 30.9 Å². The quantitative estimate of drug-likeness (QED) is 0.460. The average molecular weight is 429 g/mol. The van der Waals surface area contributed by atoms with Crippen molar-refractivity contribution in [2.75, 3.05) is 12.0 Å². The number of halogens is 1. The first-order valence-electron chi connectivity index (χ1n) is 7.76. The normalized spacial score (nSPS) is 15.7. The summed E-state index contributed by atoms with van der Waals surface area (Å²) in [5, 5.41) is 2.16. The van der Waals surface area contributed by atoms with Gasteiger partial charge in [0.25, 0.3) is 11.8 Å². The van der Waals surface area contributed by atoms with Crippen molar-refractivity contribution in [1.82, 2.24) is 5.32 Å². The minimum Gasteiger partial charge on any atom is -0.465 e. The molecule has 0 aliphatic carbocycles. The van der Waals surface area contributed by atoms with Crippen molar-refractivity contribution >= 4 is 51.5 Å². The van der Waals surface area contributed by atoms with Gasteiger partial charge in [-0.1, -0.05) is 28.1 Å². The summed E-state index contributed by atoms with van der Waals surface area (Å²) in [5.41, 5.74) is 1.00. The number of nitrogens with zero attached hydrogens (tertiary/aromatic N) is 1. The number of amides is 4. The van der Waals surface area contributed by atoms with Crippen LogP contribution in [0.3, 0.4) is 0 Å². The SMILES string of the molecule is COC(=O)c1ccc(/C=C2/C(=O)NC(=O)N(c3ccc(Br)cc3)C2=O)cc1. The van der Waals surface area contributed by atoms with Gasteiger partial charge in [0.05, 0.1) is 18.4 Å². The van der Waals surface area contributed by atoms with Crippen LogP contribution in [0.4, 0.5) is 10.5 Å². The summed E-state index contributed by atoms with van der Waals surface area (Å²) in [6.07, 6.45) is 1.36. The molecular weight excluding hydrogens is 416 g/mol. The number of imide groups is 2.